The van der Waals surface area contributed by atoms with Gasteiger partial charge in [-0.05, 0) is 25.0 Å². The van der Waals surface area contributed by atoms with E-state index in [1.807, 2.05) is 0 Å². The van der Waals surface area contributed by atoms with E-state index in [0.717, 1.165) is 19.3 Å². The zero-order chi connectivity index (χ0) is 12.4. The predicted molar refractivity (Wildman–Crippen MR) is 65.1 cm³/mol. The average molecular weight is 264 g/mol. The summed E-state index contributed by atoms with van der Waals surface area (Å²) in [7, 11) is 0. The second-order valence-corrected chi connectivity index (χ2v) is 5.32. The van der Waals surface area contributed by atoms with E-state index in [-0.39, 0.29) is 11.0 Å². The minimum absolute atomic E-state index is 0.0383. The van der Waals surface area contributed by atoms with E-state index in [1.165, 1.54) is 11.8 Å². The lowest BCUT2D eigenvalue weighted by molar-refractivity contribution is -0.119. The molecule has 3 rings (SSSR count). The molecule has 0 aromatic carbocycles. The second-order valence-electron chi connectivity index (χ2n) is 4.17. The summed E-state index contributed by atoms with van der Waals surface area (Å²) in [6.45, 7) is 0. The van der Waals surface area contributed by atoms with Gasteiger partial charge in [0.15, 0.2) is 5.76 Å². The Labute approximate surface area is 108 Å². The summed E-state index contributed by atoms with van der Waals surface area (Å²) in [6.07, 6.45) is 5.19. The van der Waals surface area contributed by atoms with Gasteiger partial charge in [-0.1, -0.05) is 18.2 Å². The molecule has 0 saturated heterocycles. The lowest BCUT2D eigenvalue weighted by Gasteiger charge is -2.17. The number of hydrogen-bond acceptors (Lipinski definition) is 6. The summed E-state index contributed by atoms with van der Waals surface area (Å²) < 4.78 is 10.6. The molecule has 0 spiro atoms. The first-order valence-corrected chi connectivity index (χ1v) is 6.77. The van der Waals surface area contributed by atoms with Crippen LogP contribution in [0.25, 0.3) is 11.7 Å². The van der Waals surface area contributed by atoms with Gasteiger partial charge in [0.05, 0.1) is 11.5 Å². The molecule has 0 amide bonds. The maximum atomic E-state index is 11.7. The lowest BCUT2D eigenvalue weighted by atomic mass is 9.99. The molecule has 1 fully saturated rings. The van der Waals surface area contributed by atoms with Crippen molar-refractivity contribution in [2.45, 2.75) is 36.2 Å². The highest BCUT2D eigenvalue weighted by Crippen LogP contribution is 2.32. The number of furan rings is 1. The number of thioether (sulfide) groups is 1. The summed E-state index contributed by atoms with van der Waals surface area (Å²) in [5.41, 5.74) is 0. The van der Waals surface area contributed by atoms with E-state index < -0.39 is 0 Å². The molecule has 0 bridgehead atoms. The standard InChI is InChI=1S/C12H12N2O3S/c15-8-4-1-2-6-10(8)18-12-14-13-11(17-12)9-5-3-7-16-9/h3,5,7,10H,1-2,4,6H2/t10-/m1/s1. The molecule has 0 radical (unpaired) electrons. The van der Waals surface area contributed by atoms with E-state index in [9.17, 15) is 4.79 Å². The van der Waals surface area contributed by atoms with Gasteiger partial charge in [-0.3, -0.25) is 4.79 Å². The van der Waals surface area contributed by atoms with Gasteiger partial charge in [0.2, 0.25) is 0 Å². The second kappa shape index (κ2) is 4.97. The molecule has 2 aromatic heterocycles. The van der Waals surface area contributed by atoms with E-state index >= 15 is 0 Å². The number of aromatic nitrogens is 2. The molecule has 2 aromatic rings. The first-order chi connectivity index (χ1) is 8.83. The third-order valence-electron chi connectivity index (χ3n) is 2.88. The molecule has 18 heavy (non-hydrogen) atoms. The van der Waals surface area contributed by atoms with Crippen molar-refractivity contribution in [1.82, 2.24) is 10.2 Å². The van der Waals surface area contributed by atoms with Crippen LogP contribution in [-0.4, -0.2) is 21.2 Å². The third kappa shape index (κ3) is 2.33. The van der Waals surface area contributed by atoms with E-state index in [4.69, 9.17) is 8.83 Å². The van der Waals surface area contributed by atoms with E-state index in [2.05, 4.69) is 10.2 Å². The van der Waals surface area contributed by atoms with Gasteiger partial charge in [-0.2, -0.15) is 0 Å². The number of carbonyl (C=O) groups excluding carboxylic acids is 1. The Kier molecular flexibility index (Phi) is 3.19. The minimum atomic E-state index is -0.0383. The van der Waals surface area contributed by atoms with Crippen molar-refractivity contribution in [3.8, 4) is 11.7 Å². The number of carbonyl (C=O) groups is 1. The zero-order valence-electron chi connectivity index (χ0n) is 9.67. The first-order valence-electron chi connectivity index (χ1n) is 5.90. The fourth-order valence-corrected chi connectivity index (χ4v) is 2.95. The number of rotatable bonds is 3. The van der Waals surface area contributed by atoms with Crippen LogP contribution in [0.1, 0.15) is 25.7 Å². The number of Topliss-reactive ketones (excluding diaryl/α,β-unsaturated/α-hetero) is 1. The SMILES string of the molecule is O=C1CCCC[C@H]1Sc1nnc(-c2ccco2)o1. The van der Waals surface area contributed by atoms with Crippen LogP contribution < -0.4 is 0 Å². The molecule has 5 nitrogen and oxygen atoms in total. The van der Waals surface area contributed by atoms with Crippen LogP contribution in [0.3, 0.4) is 0 Å². The van der Waals surface area contributed by atoms with Crippen molar-refractivity contribution in [3.63, 3.8) is 0 Å². The molecular weight excluding hydrogens is 252 g/mol. The van der Waals surface area contributed by atoms with Crippen molar-refractivity contribution in [1.29, 1.82) is 0 Å². The van der Waals surface area contributed by atoms with Crippen molar-refractivity contribution in [2.75, 3.05) is 0 Å². The molecule has 1 aliphatic carbocycles. The van der Waals surface area contributed by atoms with Crippen LogP contribution in [0.2, 0.25) is 0 Å². The predicted octanol–water partition coefficient (Wildman–Crippen LogP) is 2.93. The molecule has 1 atom stereocenters. The summed E-state index contributed by atoms with van der Waals surface area (Å²) in [6, 6.07) is 3.52. The van der Waals surface area contributed by atoms with Crippen molar-refractivity contribution in [2.24, 2.45) is 0 Å². The Morgan fingerprint density at radius 3 is 3.06 bits per heavy atom. The molecule has 0 aliphatic heterocycles. The van der Waals surface area contributed by atoms with Crippen molar-refractivity contribution < 1.29 is 13.6 Å². The van der Waals surface area contributed by atoms with Gasteiger partial charge in [0, 0.05) is 6.42 Å². The monoisotopic (exact) mass is 264 g/mol. The third-order valence-corrected chi connectivity index (χ3v) is 4.03. The fraction of sp³-hybridized carbons (Fsp3) is 0.417. The Bertz CT molecular complexity index is 535. The highest BCUT2D eigenvalue weighted by Gasteiger charge is 2.25. The van der Waals surface area contributed by atoms with Crippen molar-refractivity contribution in [3.05, 3.63) is 18.4 Å². The summed E-state index contributed by atoms with van der Waals surface area (Å²) in [4.78, 5) is 11.7. The summed E-state index contributed by atoms with van der Waals surface area (Å²) in [5, 5.41) is 8.24. The molecule has 1 saturated carbocycles. The molecule has 2 heterocycles. The molecular formula is C12H12N2O3S. The summed E-state index contributed by atoms with van der Waals surface area (Å²) >= 11 is 1.36. The van der Waals surface area contributed by atoms with Gasteiger partial charge in [0.25, 0.3) is 11.1 Å². The van der Waals surface area contributed by atoms with E-state index in [1.54, 1.807) is 18.4 Å². The Balaban J connectivity index is 1.72. The zero-order valence-corrected chi connectivity index (χ0v) is 10.5. The fourth-order valence-electron chi connectivity index (χ4n) is 1.95. The highest BCUT2D eigenvalue weighted by atomic mass is 32.2. The smallest absolute Gasteiger partial charge is 0.284 e. The van der Waals surface area contributed by atoms with Crippen LogP contribution in [-0.2, 0) is 4.79 Å². The van der Waals surface area contributed by atoms with Gasteiger partial charge in [-0.25, -0.2) is 0 Å². The Hall–Kier alpha value is -1.56. The number of nitrogens with zero attached hydrogens (tertiary/aromatic N) is 2. The molecule has 94 valence electrons. The van der Waals surface area contributed by atoms with Crippen LogP contribution >= 0.6 is 11.8 Å². The molecule has 6 heteroatoms. The quantitative estimate of drug-likeness (QED) is 0.849. The minimum Gasteiger partial charge on any atom is -0.459 e. The highest BCUT2D eigenvalue weighted by molar-refractivity contribution is 8.00. The largest absolute Gasteiger partial charge is 0.459 e. The van der Waals surface area contributed by atoms with Crippen LogP contribution in [0, 0.1) is 0 Å². The van der Waals surface area contributed by atoms with Gasteiger partial charge >= 0.3 is 0 Å². The topological polar surface area (TPSA) is 69.1 Å². The first kappa shape index (κ1) is 11.5. The number of hydrogen-bond donors (Lipinski definition) is 0. The van der Waals surface area contributed by atoms with Crippen molar-refractivity contribution >= 4 is 17.5 Å². The molecule has 0 N–H and O–H groups in total. The van der Waals surface area contributed by atoms with Crippen LogP contribution in [0.4, 0.5) is 0 Å². The Morgan fingerprint density at radius 1 is 1.33 bits per heavy atom. The maximum Gasteiger partial charge on any atom is 0.284 e. The summed E-state index contributed by atoms with van der Waals surface area (Å²) in [5.74, 6) is 1.18. The van der Waals surface area contributed by atoms with Crippen LogP contribution in [0.5, 0.6) is 0 Å². The molecule has 0 unspecified atom stereocenters. The van der Waals surface area contributed by atoms with E-state index in [0.29, 0.717) is 23.3 Å². The van der Waals surface area contributed by atoms with Gasteiger partial charge < -0.3 is 8.83 Å². The van der Waals surface area contributed by atoms with Gasteiger partial charge in [0.1, 0.15) is 5.78 Å². The normalized spacial score (nSPS) is 20.2. The Morgan fingerprint density at radius 2 is 2.28 bits per heavy atom. The maximum absolute atomic E-state index is 11.7. The lowest BCUT2D eigenvalue weighted by Crippen LogP contribution is -2.21. The molecule has 1 aliphatic rings. The average Bonchev–Trinajstić information content (AvgIpc) is 3.02. The van der Waals surface area contributed by atoms with Crippen LogP contribution in [0.15, 0.2) is 32.5 Å². The number of ketones is 1. The van der Waals surface area contributed by atoms with Gasteiger partial charge in [-0.15, -0.1) is 10.2 Å².